The van der Waals surface area contributed by atoms with Crippen molar-refractivity contribution >= 4 is 17.3 Å². The first-order valence-electron chi connectivity index (χ1n) is 6.10. The van der Waals surface area contributed by atoms with E-state index in [-0.39, 0.29) is 0 Å². The first kappa shape index (κ1) is 13.9. The lowest BCUT2D eigenvalue weighted by atomic mass is 10.1. The van der Waals surface area contributed by atoms with Crippen LogP contribution in [0.4, 0.5) is 5.69 Å². The van der Waals surface area contributed by atoms with Crippen molar-refractivity contribution in [3.63, 3.8) is 0 Å². The molecule has 0 spiro atoms. The van der Waals surface area contributed by atoms with Crippen molar-refractivity contribution in [2.24, 2.45) is 0 Å². The molecule has 0 heterocycles. The number of unbranched alkanes of at least 4 members (excludes halogenated alkanes) is 1. The number of halogens is 1. The van der Waals surface area contributed by atoms with Gasteiger partial charge in [0, 0.05) is 19.0 Å². The number of nitriles is 1. The predicted molar refractivity (Wildman–Crippen MR) is 73.5 cm³/mol. The Morgan fingerprint density at radius 1 is 1.35 bits per heavy atom. The van der Waals surface area contributed by atoms with Crippen LogP contribution in [0.15, 0.2) is 18.2 Å². The Bertz CT molecular complexity index is 396. The molecule has 2 nitrogen and oxygen atoms in total. The third-order valence-corrected chi connectivity index (χ3v) is 3.15. The second kappa shape index (κ2) is 7.19. The van der Waals surface area contributed by atoms with Crippen molar-refractivity contribution in [3.05, 3.63) is 29.3 Å². The summed E-state index contributed by atoms with van der Waals surface area (Å²) in [6.07, 6.45) is 2.31. The molecular formula is C14H19ClN2. The van der Waals surface area contributed by atoms with Gasteiger partial charge in [-0.1, -0.05) is 19.4 Å². The third-order valence-electron chi connectivity index (χ3n) is 2.84. The maximum absolute atomic E-state index is 9.19. The van der Waals surface area contributed by atoms with Crippen LogP contribution in [0.3, 0.4) is 0 Å². The van der Waals surface area contributed by atoms with Gasteiger partial charge in [-0.25, -0.2) is 0 Å². The van der Waals surface area contributed by atoms with E-state index in [1.54, 1.807) is 0 Å². The maximum Gasteiger partial charge on any atom is 0.101 e. The van der Waals surface area contributed by atoms with E-state index in [0.29, 0.717) is 5.88 Å². The molecule has 0 atom stereocenters. The molecule has 0 radical (unpaired) electrons. The number of alkyl halides is 1. The van der Waals surface area contributed by atoms with E-state index in [4.69, 9.17) is 11.6 Å². The van der Waals surface area contributed by atoms with Crippen LogP contribution in [-0.4, -0.2) is 13.1 Å². The molecule has 0 fully saturated rings. The summed E-state index contributed by atoms with van der Waals surface area (Å²) in [7, 11) is 0. The van der Waals surface area contributed by atoms with Gasteiger partial charge in [0.15, 0.2) is 0 Å². The molecule has 92 valence electrons. The molecular weight excluding hydrogens is 232 g/mol. The summed E-state index contributed by atoms with van der Waals surface area (Å²) in [4.78, 5) is 2.25. The summed E-state index contributed by atoms with van der Waals surface area (Å²) >= 11 is 5.78. The highest BCUT2D eigenvalue weighted by molar-refractivity contribution is 6.17. The fourth-order valence-corrected chi connectivity index (χ4v) is 2.00. The van der Waals surface area contributed by atoms with Gasteiger partial charge in [-0.15, -0.1) is 11.6 Å². The fraction of sp³-hybridized carbons (Fsp3) is 0.500. The molecule has 1 aromatic carbocycles. The van der Waals surface area contributed by atoms with E-state index in [9.17, 15) is 5.26 Å². The smallest absolute Gasteiger partial charge is 0.101 e. The monoisotopic (exact) mass is 250 g/mol. The topological polar surface area (TPSA) is 27.0 Å². The second-order valence-electron chi connectivity index (χ2n) is 4.03. The van der Waals surface area contributed by atoms with Crippen LogP contribution in [-0.2, 0) is 5.88 Å². The number of anilines is 1. The minimum Gasteiger partial charge on any atom is -0.371 e. The van der Waals surface area contributed by atoms with Gasteiger partial charge >= 0.3 is 0 Å². The number of hydrogen-bond donors (Lipinski definition) is 0. The highest BCUT2D eigenvalue weighted by Gasteiger charge is 2.09. The first-order valence-corrected chi connectivity index (χ1v) is 6.64. The first-order chi connectivity index (χ1) is 8.26. The van der Waals surface area contributed by atoms with Crippen molar-refractivity contribution in [1.82, 2.24) is 0 Å². The Balaban J connectivity index is 2.98. The Labute approximate surface area is 109 Å². The summed E-state index contributed by atoms with van der Waals surface area (Å²) in [5.74, 6) is 0.454. The molecule has 0 saturated carbocycles. The van der Waals surface area contributed by atoms with Crippen LogP contribution in [0.2, 0.25) is 0 Å². The van der Waals surface area contributed by atoms with E-state index in [2.05, 4.69) is 24.8 Å². The molecule has 17 heavy (non-hydrogen) atoms. The zero-order chi connectivity index (χ0) is 12.7. The summed E-state index contributed by atoms with van der Waals surface area (Å²) in [5.41, 5.74) is 2.75. The molecule has 0 saturated heterocycles. The average molecular weight is 251 g/mol. The van der Waals surface area contributed by atoms with Gasteiger partial charge in [-0.05, 0) is 31.0 Å². The van der Waals surface area contributed by atoms with Crippen LogP contribution < -0.4 is 4.90 Å². The number of nitrogens with zero attached hydrogens (tertiary/aromatic N) is 2. The Morgan fingerprint density at radius 3 is 2.65 bits per heavy atom. The third kappa shape index (κ3) is 3.64. The molecule has 0 N–H and O–H groups in total. The lowest BCUT2D eigenvalue weighted by Gasteiger charge is -2.24. The van der Waals surface area contributed by atoms with Crippen molar-refractivity contribution < 1.29 is 0 Å². The zero-order valence-corrected chi connectivity index (χ0v) is 11.3. The van der Waals surface area contributed by atoms with Gasteiger partial charge in [0.1, 0.15) is 6.07 Å². The van der Waals surface area contributed by atoms with E-state index < -0.39 is 0 Å². The molecule has 1 aromatic rings. The predicted octanol–water partition coefficient (Wildman–Crippen LogP) is 3.92. The second-order valence-corrected chi connectivity index (χ2v) is 4.30. The highest BCUT2D eigenvalue weighted by Crippen LogP contribution is 2.22. The van der Waals surface area contributed by atoms with E-state index in [1.807, 2.05) is 18.2 Å². The quantitative estimate of drug-likeness (QED) is 0.716. The lowest BCUT2D eigenvalue weighted by Crippen LogP contribution is -2.24. The van der Waals surface area contributed by atoms with E-state index >= 15 is 0 Å². The normalized spacial score (nSPS) is 10.0. The fourth-order valence-electron chi connectivity index (χ4n) is 1.83. The highest BCUT2D eigenvalue weighted by atomic mass is 35.5. The van der Waals surface area contributed by atoms with Crippen LogP contribution in [0.1, 0.15) is 37.8 Å². The summed E-state index contributed by atoms with van der Waals surface area (Å²) in [5, 5.41) is 9.19. The van der Waals surface area contributed by atoms with Crippen molar-refractivity contribution in [2.75, 3.05) is 18.0 Å². The summed E-state index contributed by atoms with van der Waals surface area (Å²) < 4.78 is 0. The molecule has 0 aliphatic carbocycles. The number of benzene rings is 1. The molecule has 1 rings (SSSR count). The minimum absolute atomic E-state index is 0.454. The van der Waals surface area contributed by atoms with Gasteiger partial charge in [0.05, 0.1) is 11.3 Å². The SMILES string of the molecule is CCCCN(CC)c1ccc(CCl)cc1C#N. The molecule has 0 aliphatic rings. The molecule has 0 unspecified atom stereocenters. The Hall–Kier alpha value is -1.20. The number of hydrogen-bond acceptors (Lipinski definition) is 2. The van der Waals surface area contributed by atoms with Crippen molar-refractivity contribution in [2.45, 2.75) is 32.6 Å². The van der Waals surface area contributed by atoms with Crippen LogP contribution in [0.5, 0.6) is 0 Å². The molecule has 0 amide bonds. The summed E-state index contributed by atoms with van der Waals surface area (Å²) in [6, 6.07) is 8.15. The van der Waals surface area contributed by atoms with Crippen LogP contribution in [0, 0.1) is 11.3 Å². The van der Waals surface area contributed by atoms with Crippen molar-refractivity contribution in [3.8, 4) is 6.07 Å². The van der Waals surface area contributed by atoms with E-state index in [1.165, 1.54) is 0 Å². The van der Waals surface area contributed by atoms with E-state index in [0.717, 1.165) is 42.7 Å². The van der Waals surface area contributed by atoms with Gasteiger partial charge in [-0.2, -0.15) is 5.26 Å². The summed E-state index contributed by atoms with van der Waals surface area (Å²) in [6.45, 7) is 6.22. The minimum atomic E-state index is 0.454. The van der Waals surface area contributed by atoms with Gasteiger partial charge in [-0.3, -0.25) is 0 Å². The van der Waals surface area contributed by atoms with Gasteiger partial charge in [0.25, 0.3) is 0 Å². The van der Waals surface area contributed by atoms with Gasteiger partial charge in [0.2, 0.25) is 0 Å². The van der Waals surface area contributed by atoms with Gasteiger partial charge < -0.3 is 4.90 Å². The van der Waals surface area contributed by atoms with Crippen LogP contribution in [0.25, 0.3) is 0 Å². The number of rotatable bonds is 6. The molecule has 0 aromatic heterocycles. The Morgan fingerprint density at radius 2 is 2.12 bits per heavy atom. The molecule has 3 heteroatoms. The maximum atomic E-state index is 9.19. The standard InChI is InChI=1S/C14H19ClN2/c1-3-5-8-17(4-2)14-7-6-12(10-15)9-13(14)11-16/h6-7,9H,3-5,8,10H2,1-2H3. The van der Waals surface area contributed by atoms with Crippen molar-refractivity contribution in [1.29, 1.82) is 5.26 Å². The molecule has 0 aliphatic heterocycles. The lowest BCUT2D eigenvalue weighted by molar-refractivity contribution is 0.731. The zero-order valence-electron chi connectivity index (χ0n) is 10.5. The molecule has 0 bridgehead atoms. The average Bonchev–Trinajstić information content (AvgIpc) is 2.39. The Kier molecular flexibility index (Phi) is 5.86. The largest absolute Gasteiger partial charge is 0.371 e. The van der Waals surface area contributed by atoms with Crippen LogP contribution >= 0.6 is 11.6 Å².